The Kier molecular flexibility index (Phi) is 4.20. The zero-order valence-corrected chi connectivity index (χ0v) is 12.1. The van der Waals surface area contributed by atoms with Crippen LogP contribution in [0.4, 0.5) is 0 Å². The third-order valence-electron chi connectivity index (χ3n) is 3.97. The molecular formula is C20H20O. The molecule has 0 atom stereocenters. The molecule has 1 N–H and O–H groups in total. The van der Waals surface area contributed by atoms with Gasteiger partial charge in [0.1, 0.15) is 5.75 Å². The van der Waals surface area contributed by atoms with E-state index >= 15 is 0 Å². The van der Waals surface area contributed by atoms with E-state index in [9.17, 15) is 5.11 Å². The van der Waals surface area contributed by atoms with Crippen molar-refractivity contribution in [3.05, 3.63) is 77.9 Å². The van der Waals surface area contributed by atoms with Crippen LogP contribution in [0.1, 0.15) is 24.0 Å². The number of aryl methyl sites for hydroxylation is 2. The van der Waals surface area contributed by atoms with Crippen LogP contribution in [0.25, 0.3) is 10.8 Å². The predicted octanol–water partition coefficient (Wildman–Crippen LogP) is 5.11. The molecule has 0 aliphatic heterocycles. The monoisotopic (exact) mass is 276 g/mol. The number of hydrogen-bond acceptors (Lipinski definition) is 1. The summed E-state index contributed by atoms with van der Waals surface area (Å²) >= 11 is 0. The van der Waals surface area contributed by atoms with E-state index in [0.29, 0.717) is 5.75 Å². The minimum absolute atomic E-state index is 0.420. The molecule has 0 saturated carbocycles. The van der Waals surface area contributed by atoms with E-state index in [-0.39, 0.29) is 0 Å². The van der Waals surface area contributed by atoms with E-state index in [1.54, 1.807) is 6.07 Å². The third-order valence-corrected chi connectivity index (χ3v) is 3.97. The highest BCUT2D eigenvalue weighted by Crippen LogP contribution is 2.20. The molecule has 0 aliphatic rings. The Morgan fingerprint density at radius 2 is 1.38 bits per heavy atom. The van der Waals surface area contributed by atoms with E-state index < -0.39 is 0 Å². The van der Waals surface area contributed by atoms with Crippen molar-refractivity contribution < 1.29 is 5.11 Å². The van der Waals surface area contributed by atoms with Gasteiger partial charge in [-0.2, -0.15) is 0 Å². The quantitative estimate of drug-likeness (QED) is 0.642. The summed E-state index contributed by atoms with van der Waals surface area (Å²) in [6.07, 6.45) is 4.29. The van der Waals surface area contributed by atoms with E-state index in [4.69, 9.17) is 0 Å². The fourth-order valence-electron chi connectivity index (χ4n) is 2.76. The fraction of sp³-hybridized carbons (Fsp3) is 0.200. The number of phenolic OH excluding ortho intramolecular Hbond substituents is 1. The molecule has 0 bridgehead atoms. The number of hydrogen-bond donors (Lipinski definition) is 1. The average molecular weight is 276 g/mol. The Labute approximate surface area is 125 Å². The molecule has 0 spiro atoms. The molecule has 3 aromatic carbocycles. The van der Waals surface area contributed by atoms with Gasteiger partial charge in [-0.3, -0.25) is 0 Å². The topological polar surface area (TPSA) is 20.2 Å². The molecule has 0 radical (unpaired) electrons. The lowest BCUT2D eigenvalue weighted by Crippen LogP contribution is -1.90. The van der Waals surface area contributed by atoms with Gasteiger partial charge in [-0.1, -0.05) is 60.7 Å². The number of aromatic hydroxyl groups is 1. The number of fused-ring (bicyclic) bond motifs is 1. The van der Waals surface area contributed by atoms with Crippen LogP contribution in [0.15, 0.2) is 66.7 Å². The lowest BCUT2D eigenvalue weighted by molar-refractivity contribution is 0.466. The largest absolute Gasteiger partial charge is 0.508 e. The molecule has 0 aliphatic carbocycles. The maximum absolute atomic E-state index is 9.75. The van der Waals surface area contributed by atoms with E-state index in [2.05, 4.69) is 42.5 Å². The second-order valence-corrected chi connectivity index (χ2v) is 5.52. The smallest absolute Gasteiger partial charge is 0.118 e. The zero-order chi connectivity index (χ0) is 14.5. The summed E-state index contributed by atoms with van der Waals surface area (Å²) in [4.78, 5) is 0. The second kappa shape index (κ2) is 6.45. The number of para-hydroxylation sites is 1. The first-order valence-corrected chi connectivity index (χ1v) is 7.57. The van der Waals surface area contributed by atoms with Gasteiger partial charge in [0.2, 0.25) is 0 Å². The van der Waals surface area contributed by atoms with E-state index in [1.165, 1.54) is 16.3 Å². The summed E-state index contributed by atoms with van der Waals surface area (Å²) in [6.45, 7) is 0. The van der Waals surface area contributed by atoms with Crippen molar-refractivity contribution in [2.75, 3.05) is 0 Å². The van der Waals surface area contributed by atoms with Gasteiger partial charge < -0.3 is 5.11 Å². The fourth-order valence-corrected chi connectivity index (χ4v) is 2.76. The molecule has 0 unspecified atom stereocenters. The van der Waals surface area contributed by atoms with Crippen molar-refractivity contribution in [1.82, 2.24) is 0 Å². The molecule has 21 heavy (non-hydrogen) atoms. The minimum Gasteiger partial charge on any atom is -0.508 e. The van der Waals surface area contributed by atoms with Crippen molar-refractivity contribution in [3.8, 4) is 5.75 Å². The Morgan fingerprint density at radius 3 is 2.24 bits per heavy atom. The van der Waals surface area contributed by atoms with Crippen molar-refractivity contribution in [2.24, 2.45) is 0 Å². The Hall–Kier alpha value is -2.28. The number of unbranched alkanes of at least 4 members (excludes halogenated alkanes) is 1. The minimum atomic E-state index is 0.420. The van der Waals surface area contributed by atoms with Crippen LogP contribution >= 0.6 is 0 Å². The molecule has 0 amide bonds. The summed E-state index contributed by atoms with van der Waals surface area (Å²) in [5.41, 5.74) is 2.45. The summed E-state index contributed by atoms with van der Waals surface area (Å²) in [5.74, 6) is 0.420. The summed E-state index contributed by atoms with van der Waals surface area (Å²) in [7, 11) is 0. The SMILES string of the molecule is Oc1ccccc1CCCCc1ccc2ccccc2c1. The van der Waals surface area contributed by atoms with E-state index in [0.717, 1.165) is 31.2 Å². The van der Waals surface area contributed by atoms with Crippen LogP contribution in [0.5, 0.6) is 5.75 Å². The summed E-state index contributed by atoms with van der Waals surface area (Å²) in [5, 5.41) is 12.4. The van der Waals surface area contributed by atoms with Gasteiger partial charge in [-0.05, 0) is 53.6 Å². The third kappa shape index (κ3) is 3.43. The normalized spacial score (nSPS) is 10.9. The Morgan fingerprint density at radius 1 is 0.667 bits per heavy atom. The number of phenols is 1. The van der Waals surface area contributed by atoms with Crippen LogP contribution in [0, 0.1) is 0 Å². The Bertz CT molecular complexity index is 730. The summed E-state index contributed by atoms with van der Waals surface area (Å²) < 4.78 is 0. The molecule has 0 aromatic heterocycles. The lowest BCUT2D eigenvalue weighted by Gasteiger charge is -2.06. The van der Waals surface area contributed by atoms with E-state index in [1.807, 2.05) is 18.2 Å². The molecule has 3 aromatic rings. The van der Waals surface area contributed by atoms with Crippen molar-refractivity contribution >= 4 is 10.8 Å². The highest BCUT2D eigenvalue weighted by atomic mass is 16.3. The van der Waals surface area contributed by atoms with Crippen LogP contribution in [0.2, 0.25) is 0 Å². The van der Waals surface area contributed by atoms with Crippen LogP contribution < -0.4 is 0 Å². The van der Waals surface area contributed by atoms with Gasteiger partial charge in [0, 0.05) is 0 Å². The van der Waals surface area contributed by atoms with Gasteiger partial charge in [-0.25, -0.2) is 0 Å². The highest BCUT2D eigenvalue weighted by Gasteiger charge is 2.00. The molecule has 0 heterocycles. The van der Waals surface area contributed by atoms with Gasteiger partial charge in [0.25, 0.3) is 0 Å². The molecular weight excluding hydrogens is 256 g/mol. The standard InChI is InChI=1S/C20H20O/c21-20-12-6-5-10-18(20)9-2-1-7-16-13-14-17-8-3-4-11-19(17)15-16/h3-6,8,10-15,21H,1-2,7,9H2. The second-order valence-electron chi connectivity index (χ2n) is 5.52. The molecule has 3 rings (SSSR count). The maximum atomic E-state index is 9.75. The van der Waals surface area contributed by atoms with Gasteiger partial charge in [0.05, 0.1) is 0 Å². The van der Waals surface area contributed by atoms with Crippen LogP contribution in [0.3, 0.4) is 0 Å². The first kappa shape index (κ1) is 13.7. The van der Waals surface area contributed by atoms with Crippen LogP contribution in [-0.2, 0) is 12.8 Å². The van der Waals surface area contributed by atoms with Gasteiger partial charge in [-0.15, -0.1) is 0 Å². The number of rotatable bonds is 5. The molecule has 0 fully saturated rings. The first-order chi connectivity index (χ1) is 10.3. The lowest BCUT2D eigenvalue weighted by atomic mass is 10.0. The van der Waals surface area contributed by atoms with Gasteiger partial charge >= 0.3 is 0 Å². The highest BCUT2D eigenvalue weighted by molar-refractivity contribution is 5.82. The Balaban J connectivity index is 1.56. The molecule has 1 heteroatoms. The van der Waals surface area contributed by atoms with Crippen molar-refractivity contribution in [1.29, 1.82) is 0 Å². The first-order valence-electron chi connectivity index (χ1n) is 7.57. The van der Waals surface area contributed by atoms with Crippen LogP contribution in [-0.4, -0.2) is 5.11 Å². The average Bonchev–Trinajstić information content (AvgIpc) is 2.53. The molecule has 0 saturated heterocycles. The molecule has 106 valence electrons. The van der Waals surface area contributed by atoms with Crippen molar-refractivity contribution in [2.45, 2.75) is 25.7 Å². The number of benzene rings is 3. The summed E-state index contributed by atoms with van der Waals surface area (Å²) in [6, 6.07) is 22.8. The maximum Gasteiger partial charge on any atom is 0.118 e. The zero-order valence-electron chi connectivity index (χ0n) is 12.1. The molecule has 1 nitrogen and oxygen atoms in total. The predicted molar refractivity (Wildman–Crippen MR) is 88.7 cm³/mol. The van der Waals surface area contributed by atoms with Crippen molar-refractivity contribution in [3.63, 3.8) is 0 Å². The van der Waals surface area contributed by atoms with Gasteiger partial charge in [0.15, 0.2) is 0 Å².